The van der Waals surface area contributed by atoms with E-state index in [1.807, 2.05) is 48.5 Å². The van der Waals surface area contributed by atoms with E-state index in [0.29, 0.717) is 11.1 Å². The SMILES string of the molecule is N#Cc1ccc(-c2cc(Br)c3ccc4c(-c5ccc(C#N)cc5)cc(Br)c5ccc2c3c54)cc1. The lowest BCUT2D eigenvalue weighted by Gasteiger charge is -2.18. The average Bonchev–Trinajstić information content (AvgIpc) is 2.89. The summed E-state index contributed by atoms with van der Waals surface area (Å²) in [5.74, 6) is 0. The average molecular weight is 562 g/mol. The lowest BCUT2D eigenvalue weighted by atomic mass is 9.87. The van der Waals surface area contributed by atoms with Crippen LogP contribution in [0.5, 0.6) is 0 Å². The van der Waals surface area contributed by atoms with Crippen molar-refractivity contribution >= 4 is 64.2 Å². The van der Waals surface area contributed by atoms with Gasteiger partial charge in [-0.25, -0.2) is 0 Å². The van der Waals surface area contributed by atoms with Gasteiger partial charge in [0.1, 0.15) is 0 Å². The van der Waals surface area contributed by atoms with Crippen LogP contribution >= 0.6 is 31.9 Å². The molecule has 6 rings (SSSR count). The molecule has 6 aromatic rings. The van der Waals surface area contributed by atoms with Crippen molar-refractivity contribution in [1.29, 1.82) is 10.5 Å². The third-order valence-corrected chi connectivity index (χ3v) is 7.76. The van der Waals surface area contributed by atoms with Crippen molar-refractivity contribution < 1.29 is 0 Å². The van der Waals surface area contributed by atoms with Gasteiger partial charge in [-0.05, 0) is 91.0 Å². The maximum Gasteiger partial charge on any atom is 0.0991 e. The molecule has 0 heterocycles. The molecule has 0 atom stereocenters. The fourth-order valence-corrected chi connectivity index (χ4v) is 5.95. The van der Waals surface area contributed by atoms with Crippen LogP contribution in [0.1, 0.15) is 11.1 Å². The Morgan fingerprint density at radius 1 is 0.471 bits per heavy atom. The fraction of sp³-hybridized carbons (Fsp3) is 0. The van der Waals surface area contributed by atoms with Crippen LogP contribution in [-0.2, 0) is 0 Å². The lowest BCUT2D eigenvalue weighted by Crippen LogP contribution is -1.91. The van der Waals surface area contributed by atoms with E-state index in [1.54, 1.807) is 0 Å². The van der Waals surface area contributed by atoms with Gasteiger partial charge < -0.3 is 0 Å². The molecule has 0 aliphatic heterocycles. The Hall–Kier alpha value is -3.70. The minimum Gasteiger partial charge on any atom is -0.192 e. The minimum absolute atomic E-state index is 0.650. The first kappa shape index (κ1) is 20.9. The van der Waals surface area contributed by atoms with Crippen LogP contribution in [0.2, 0.25) is 0 Å². The Labute approximate surface area is 213 Å². The van der Waals surface area contributed by atoms with Crippen molar-refractivity contribution in [3.05, 3.63) is 105 Å². The quantitative estimate of drug-likeness (QED) is 0.198. The van der Waals surface area contributed by atoms with Gasteiger partial charge in [0, 0.05) is 8.95 Å². The topological polar surface area (TPSA) is 47.6 Å². The molecule has 0 aliphatic rings. The van der Waals surface area contributed by atoms with Gasteiger partial charge >= 0.3 is 0 Å². The molecule has 0 aromatic heterocycles. The number of rotatable bonds is 2. The fourth-order valence-electron chi connectivity index (χ4n) is 4.83. The molecule has 0 radical (unpaired) electrons. The highest BCUT2D eigenvalue weighted by molar-refractivity contribution is 9.11. The van der Waals surface area contributed by atoms with Crippen LogP contribution in [0, 0.1) is 22.7 Å². The van der Waals surface area contributed by atoms with Crippen LogP contribution in [0.15, 0.2) is 93.9 Å². The molecule has 0 saturated carbocycles. The second-order valence-electron chi connectivity index (χ2n) is 8.26. The van der Waals surface area contributed by atoms with Crippen molar-refractivity contribution in [3.63, 3.8) is 0 Å². The Balaban J connectivity index is 1.72. The van der Waals surface area contributed by atoms with Crippen LogP contribution < -0.4 is 0 Å². The molecule has 0 amide bonds. The zero-order valence-electron chi connectivity index (χ0n) is 17.7. The molecule has 158 valence electrons. The van der Waals surface area contributed by atoms with Crippen LogP contribution in [0.3, 0.4) is 0 Å². The van der Waals surface area contributed by atoms with Crippen molar-refractivity contribution in [2.24, 2.45) is 0 Å². The van der Waals surface area contributed by atoms with Gasteiger partial charge in [0.15, 0.2) is 0 Å². The van der Waals surface area contributed by atoms with Gasteiger partial charge in [0.2, 0.25) is 0 Å². The van der Waals surface area contributed by atoms with Gasteiger partial charge in [-0.1, -0.05) is 80.4 Å². The largest absolute Gasteiger partial charge is 0.192 e. The molecule has 34 heavy (non-hydrogen) atoms. The predicted octanol–water partition coefficient (Wildman–Crippen LogP) is 9.19. The third kappa shape index (κ3) is 3.11. The maximum atomic E-state index is 9.20. The summed E-state index contributed by atoms with van der Waals surface area (Å²) in [6.45, 7) is 0. The zero-order valence-corrected chi connectivity index (χ0v) is 20.9. The first-order chi connectivity index (χ1) is 16.6. The summed E-state index contributed by atoms with van der Waals surface area (Å²) >= 11 is 7.64. The van der Waals surface area contributed by atoms with Crippen molar-refractivity contribution in [3.8, 4) is 34.4 Å². The van der Waals surface area contributed by atoms with E-state index in [4.69, 9.17) is 0 Å². The van der Waals surface area contributed by atoms with Crippen LogP contribution in [0.4, 0.5) is 0 Å². The molecule has 0 spiro atoms. The summed E-state index contributed by atoms with van der Waals surface area (Å²) in [7, 11) is 0. The van der Waals surface area contributed by atoms with E-state index in [9.17, 15) is 10.5 Å². The maximum absolute atomic E-state index is 9.20. The number of hydrogen-bond acceptors (Lipinski definition) is 2. The highest BCUT2D eigenvalue weighted by atomic mass is 79.9. The second-order valence-corrected chi connectivity index (χ2v) is 9.97. The molecule has 0 fully saturated rings. The Morgan fingerprint density at radius 3 is 1.18 bits per heavy atom. The van der Waals surface area contributed by atoms with E-state index in [0.717, 1.165) is 42.0 Å². The molecule has 0 bridgehead atoms. The van der Waals surface area contributed by atoms with E-state index in [-0.39, 0.29) is 0 Å². The smallest absolute Gasteiger partial charge is 0.0991 e. The molecular weight excluding hydrogens is 548 g/mol. The summed E-state index contributed by atoms with van der Waals surface area (Å²) in [5.41, 5.74) is 5.69. The molecule has 0 aliphatic carbocycles. The number of hydrogen-bond donors (Lipinski definition) is 0. The van der Waals surface area contributed by atoms with Gasteiger partial charge in [-0.2, -0.15) is 10.5 Å². The number of halogens is 2. The van der Waals surface area contributed by atoms with Crippen molar-refractivity contribution in [2.45, 2.75) is 0 Å². The number of nitriles is 2. The molecule has 0 unspecified atom stereocenters. The molecule has 0 saturated heterocycles. The third-order valence-electron chi connectivity index (χ3n) is 6.45. The molecular formula is C30H14Br2N2. The van der Waals surface area contributed by atoms with Crippen molar-refractivity contribution in [1.82, 2.24) is 0 Å². The summed E-state index contributed by atoms with van der Waals surface area (Å²) in [6, 6.07) is 33.0. The first-order valence-electron chi connectivity index (χ1n) is 10.7. The van der Waals surface area contributed by atoms with E-state index >= 15 is 0 Å². The lowest BCUT2D eigenvalue weighted by molar-refractivity contribution is 1.48. The molecule has 6 aromatic carbocycles. The van der Waals surface area contributed by atoms with E-state index in [2.05, 4.69) is 80.4 Å². The zero-order chi connectivity index (χ0) is 23.4. The van der Waals surface area contributed by atoms with E-state index in [1.165, 1.54) is 21.5 Å². The molecule has 0 N–H and O–H groups in total. The highest BCUT2D eigenvalue weighted by Crippen LogP contribution is 2.46. The van der Waals surface area contributed by atoms with Crippen molar-refractivity contribution in [2.75, 3.05) is 0 Å². The van der Waals surface area contributed by atoms with Gasteiger partial charge in [0.25, 0.3) is 0 Å². The second kappa shape index (κ2) is 7.96. The summed E-state index contributed by atoms with van der Waals surface area (Å²) in [5, 5.41) is 25.5. The summed E-state index contributed by atoms with van der Waals surface area (Å²) in [6.07, 6.45) is 0. The highest BCUT2D eigenvalue weighted by Gasteiger charge is 2.18. The Bertz CT molecular complexity index is 1680. The minimum atomic E-state index is 0.650. The van der Waals surface area contributed by atoms with Crippen LogP contribution in [0.25, 0.3) is 54.6 Å². The summed E-state index contributed by atoms with van der Waals surface area (Å²) in [4.78, 5) is 0. The summed E-state index contributed by atoms with van der Waals surface area (Å²) < 4.78 is 2.07. The Morgan fingerprint density at radius 2 is 0.824 bits per heavy atom. The standard InChI is InChI=1S/C30H14Br2N2/c31-27-13-25(19-5-1-17(15-33)2-6-19)21-9-11-24-28(32)14-26(20-7-3-18(16-34)4-8-20)22-10-12-23(27)29(21)30(22)24/h1-14H. The van der Waals surface area contributed by atoms with E-state index < -0.39 is 0 Å². The normalized spacial score (nSPS) is 11.2. The number of benzene rings is 6. The van der Waals surface area contributed by atoms with Gasteiger partial charge in [-0.3, -0.25) is 0 Å². The first-order valence-corrected chi connectivity index (χ1v) is 12.3. The van der Waals surface area contributed by atoms with Gasteiger partial charge in [0.05, 0.1) is 23.3 Å². The Kier molecular flexibility index (Phi) is 4.89. The molecule has 2 nitrogen and oxygen atoms in total. The molecule has 4 heteroatoms. The van der Waals surface area contributed by atoms with Gasteiger partial charge in [-0.15, -0.1) is 0 Å². The van der Waals surface area contributed by atoms with Crippen LogP contribution in [-0.4, -0.2) is 0 Å². The predicted molar refractivity (Wildman–Crippen MR) is 146 cm³/mol. The monoisotopic (exact) mass is 560 g/mol. The number of nitrogens with zero attached hydrogens (tertiary/aromatic N) is 2.